The molecule has 2 rings (SSSR count). The predicted molar refractivity (Wildman–Crippen MR) is 104 cm³/mol. The van der Waals surface area contributed by atoms with Crippen LogP contribution in [0.3, 0.4) is 0 Å². The number of aromatic hydroxyl groups is 1. The third-order valence-electron chi connectivity index (χ3n) is 3.90. The molecular weight excluding hydrogens is 387 g/mol. The highest BCUT2D eigenvalue weighted by Crippen LogP contribution is 2.27. The number of aliphatic imine (C=N–C) groups is 1. The molecule has 158 valence electrons. The van der Waals surface area contributed by atoms with Crippen molar-refractivity contribution in [1.82, 2.24) is 10.6 Å². The second-order valence-corrected chi connectivity index (χ2v) is 6.03. The molecule has 0 fully saturated rings. The van der Waals surface area contributed by atoms with Gasteiger partial charge in [0.05, 0.1) is 13.7 Å². The van der Waals surface area contributed by atoms with Gasteiger partial charge in [0, 0.05) is 18.7 Å². The van der Waals surface area contributed by atoms with Gasteiger partial charge in [-0.05, 0) is 37.1 Å². The number of halogens is 3. The Balaban J connectivity index is 2.00. The van der Waals surface area contributed by atoms with Crippen molar-refractivity contribution in [2.45, 2.75) is 26.3 Å². The van der Waals surface area contributed by atoms with Gasteiger partial charge in [0.1, 0.15) is 5.75 Å². The Bertz CT molecular complexity index is 826. The standard InChI is InChI=1S/C20H24F3N3O3/c1-3-24-19(25-11-10-14-8-9-16(27)18(12-14)28-2)26-13-15-6-4-5-7-17(15)29-20(21,22)23/h4-9,12,27H,3,10-11,13H2,1-2H3,(H2,24,25,26). The van der Waals surface area contributed by atoms with E-state index in [0.717, 1.165) is 5.56 Å². The summed E-state index contributed by atoms with van der Waals surface area (Å²) in [4.78, 5) is 4.34. The summed E-state index contributed by atoms with van der Waals surface area (Å²) >= 11 is 0. The third-order valence-corrected chi connectivity index (χ3v) is 3.90. The van der Waals surface area contributed by atoms with Crippen LogP contribution in [0.2, 0.25) is 0 Å². The Kier molecular flexibility index (Phi) is 7.99. The van der Waals surface area contributed by atoms with Crippen LogP contribution >= 0.6 is 0 Å². The molecule has 0 amide bonds. The smallest absolute Gasteiger partial charge is 0.504 e. The molecule has 0 saturated carbocycles. The second-order valence-electron chi connectivity index (χ2n) is 6.03. The van der Waals surface area contributed by atoms with E-state index in [1.807, 2.05) is 6.92 Å². The highest BCUT2D eigenvalue weighted by Gasteiger charge is 2.31. The van der Waals surface area contributed by atoms with E-state index in [0.29, 0.717) is 36.8 Å². The van der Waals surface area contributed by atoms with E-state index < -0.39 is 6.36 Å². The SMILES string of the molecule is CCNC(=NCc1ccccc1OC(F)(F)F)NCCc1ccc(O)c(OC)c1. The summed E-state index contributed by atoms with van der Waals surface area (Å²) in [6, 6.07) is 11.0. The van der Waals surface area contributed by atoms with Crippen molar-refractivity contribution in [2.75, 3.05) is 20.2 Å². The van der Waals surface area contributed by atoms with Crippen molar-refractivity contribution in [3.63, 3.8) is 0 Å². The summed E-state index contributed by atoms with van der Waals surface area (Å²) in [6.07, 6.45) is -4.12. The number of nitrogens with zero attached hydrogens (tertiary/aromatic N) is 1. The van der Waals surface area contributed by atoms with E-state index in [2.05, 4.69) is 20.4 Å². The zero-order valence-electron chi connectivity index (χ0n) is 16.2. The van der Waals surface area contributed by atoms with E-state index in [-0.39, 0.29) is 18.0 Å². The summed E-state index contributed by atoms with van der Waals surface area (Å²) in [7, 11) is 1.48. The van der Waals surface area contributed by atoms with Crippen molar-refractivity contribution in [3.8, 4) is 17.2 Å². The number of phenolic OH excluding ortho intramolecular Hbond substituents is 1. The minimum atomic E-state index is -4.76. The van der Waals surface area contributed by atoms with E-state index in [4.69, 9.17) is 4.74 Å². The van der Waals surface area contributed by atoms with E-state index in [1.165, 1.54) is 25.3 Å². The van der Waals surface area contributed by atoms with Crippen LogP contribution in [-0.4, -0.2) is 37.6 Å². The lowest BCUT2D eigenvalue weighted by atomic mass is 10.1. The van der Waals surface area contributed by atoms with Gasteiger partial charge in [-0.15, -0.1) is 13.2 Å². The average Bonchev–Trinajstić information content (AvgIpc) is 2.67. The van der Waals surface area contributed by atoms with Gasteiger partial charge in [0.15, 0.2) is 17.5 Å². The molecule has 0 unspecified atom stereocenters. The van der Waals surface area contributed by atoms with Crippen LogP contribution < -0.4 is 20.1 Å². The van der Waals surface area contributed by atoms with Crippen LogP contribution in [0.5, 0.6) is 17.2 Å². The van der Waals surface area contributed by atoms with Crippen LogP contribution in [0.4, 0.5) is 13.2 Å². The highest BCUT2D eigenvalue weighted by molar-refractivity contribution is 5.79. The predicted octanol–water partition coefficient (Wildman–Crippen LogP) is 3.60. The van der Waals surface area contributed by atoms with Crippen molar-refractivity contribution < 1.29 is 27.8 Å². The van der Waals surface area contributed by atoms with Gasteiger partial charge in [-0.3, -0.25) is 0 Å². The minimum absolute atomic E-state index is 0.0224. The molecule has 0 heterocycles. The first-order valence-corrected chi connectivity index (χ1v) is 9.04. The van der Waals surface area contributed by atoms with Crippen LogP contribution in [0.25, 0.3) is 0 Å². The maximum absolute atomic E-state index is 12.5. The Labute approximate surface area is 167 Å². The highest BCUT2D eigenvalue weighted by atomic mass is 19.4. The zero-order chi connectivity index (χ0) is 21.3. The zero-order valence-corrected chi connectivity index (χ0v) is 16.2. The van der Waals surface area contributed by atoms with E-state index in [1.54, 1.807) is 24.3 Å². The molecule has 0 bridgehead atoms. The van der Waals surface area contributed by atoms with Crippen LogP contribution in [0.15, 0.2) is 47.5 Å². The molecule has 29 heavy (non-hydrogen) atoms. The molecular formula is C20H24F3N3O3. The molecule has 9 heteroatoms. The van der Waals surface area contributed by atoms with Gasteiger partial charge < -0.3 is 25.2 Å². The summed E-state index contributed by atoms with van der Waals surface area (Å²) in [5, 5.41) is 15.8. The fourth-order valence-electron chi connectivity index (χ4n) is 2.57. The number of hydrogen-bond donors (Lipinski definition) is 3. The van der Waals surface area contributed by atoms with Crippen molar-refractivity contribution in [1.29, 1.82) is 0 Å². The van der Waals surface area contributed by atoms with Gasteiger partial charge in [-0.25, -0.2) is 4.99 Å². The molecule has 0 aliphatic carbocycles. The molecule has 2 aromatic carbocycles. The Hall–Kier alpha value is -3.10. The van der Waals surface area contributed by atoms with E-state index >= 15 is 0 Å². The quantitative estimate of drug-likeness (QED) is 0.457. The van der Waals surface area contributed by atoms with Gasteiger partial charge in [-0.1, -0.05) is 24.3 Å². The van der Waals surface area contributed by atoms with Crippen molar-refractivity contribution in [3.05, 3.63) is 53.6 Å². The van der Waals surface area contributed by atoms with Gasteiger partial charge in [-0.2, -0.15) is 0 Å². The number of ether oxygens (including phenoxy) is 2. The number of para-hydroxylation sites is 1. The maximum Gasteiger partial charge on any atom is 0.573 e. The molecule has 0 radical (unpaired) electrons. The lowest BCUT2D eigenvalue weighted by Crippen LogP contribution is -2.38. The van der Waals surface area contributed by atoms with Crippen LogP contribution in [-0.2, 0) is 13.0 Å². The fourth-order valence-corrected chi connectivity index (χ4v) is 2.57. The molecule has 6 nitrogen and oxygen atoms in total. The number of benzene rings is 2. The van der Waals surface area contributed by atoms with Crippen LogP contribution in [0, 0.1) is 0 Å². The molecule has 0 aliphatic heterocycles. The molecule has 3 N–H and O–H groups in total. The number of methoxy groups -OCH3 is 1. The lowest BCUT2D eigenvalue weighted by Gasteiger charge is -2.14. The average molecular weight is 411 g/mol. The lowest BCUT2D eigenvalue weighted by molar-refractivity contribution is -0.274. The number of phenols is 1. The first kappa shape index (κ1) is 22.2. The first-order chi connectivity index (χ1) is 13.8. The molecule has 0 aliphatic rings. The van der Waals surface area contributed by atoms with Crippen molar-refractivity contribution in [2.24, 2.45) is 4.99 Å². The Morgan fingerprint density at radius 3 is 2.55 bits per heavy atom. The van der Waals surface area contributed by atoms with Crippen LogP contribution in [0.1, 0.15) is 18.1 Å². The topological polar surface area (TPSA) is 75.1 Å². The van der Waals surface area contributed by atoms with E-state index in [9.17, 15) is 18.3 Å². The monoisotopic (exact) mass is 411 g/mol. The molecule has 0 saturated heterocycles. The summed E-state index contributed by atoms with van der Waals surface area (Å²) in [5.74, 6) is 0.666. The minimum Gasteiger partial charge on any atom is -0.504 e. The van der Waals surface area contributed by atoms with Gasteiger partial charge in [0.25, 0.3) is 0 Å². The van der Waals surface area contributed by atoms with Gasteiger partial charge >= 0.3 is 6.36 Å². The number of hydrogen-bond acceptors (Lipinski definition) is 4. The molecule has 0 atom stereocenters. The van der Waals surface area contributed by atoms with Gasteiger partial charge in [0.2, 0.25) is 0 Å². The number of nitrogens with one attached hydrogen (secondary N) is 2. The largest absolute Gasteiger partial charge is 0.573 e. The summed E-state index contributed by atoms with van der Waals surface area (Å²) in [6.45, 7) is 3.04. The fraction of sp³-hybridized carbons (Fsp3) is 0.350. The number of alkyl halides is 3. The third kappa shape index (κ3) is 7.44. The first-order valence-electron chi connectivity index (χ1n) is 9.04. The Morgan fingerprint density at radius 2 is 1.86 bits per heavy atom. The number of rotatable bonds is 8. The molecule has 0 spiro atoms. The Morgan fingerprint density at radius 1 is 1.10 bits per heavy atom. The second kappa shape index (κ2) is 10.4. The molecule has 2 aromatic rings. The normalized spacial score (nSPS) is 11.8. The molecule has 0 aromatic heterocycles. The summed E-state index contributed by atoms with van der Waals surface area (Å²) in [5.41, 5.74) is 1.28. The van der Waals surface area contributed by atoms with Crippen molar-refractivity contribution >= 4 is 5.96 Å². The number of guanidine groups is 1. The summed E-state index contributed by atoms with van der Waals surface area (Å²) < 4.78 is 46.8. The maximum atomic E-state index is 12.5.